The number of carbonyl (C=O) groups excluding carboxylic acids is 1. The van der Waals surface area contributed by atoms with Gasteiger partial charge in [0.2, 0.25) is 0 Å². The van der Waals surface area contributed by atoms with Crippen LogP contribution >= 0.6 is 0 Å². The molecule has 0 fully saturated rings. The maximum atomic E-state index is 13.7. The summed E-state index contributed by atoms with van der Waals surface area (Å²) in [7, 11) is 1.40. The Labute approximate surface area is 122 Å². The van der Waals surface area contributed by atoms with Crippen LogP contribution in [-0.4, -0.2) is 18.0 Å². The maximum absolute atomic E-state index is 13.7. The van der Waals surface area contributed by atoms with Crippen LogP contribution < -0.4 is 10.1 Å². The zero-order valence-corrected chi connectivity index (χ0v) is 12.1. The Bertz CT molecular complexity index is 640. The fourth-order valence-electron chi connectivity index (χ4n) is 2.01. The monoisotopic (exact) mass is 292 g/mol. The average molecular weight is 292 g/mol. The topological polar surface area (TPSA) is 64.4 Å². The van der Waals surface area contributed by atoms with E-state index in [4.69, 9.17) is 9.15 Å². The molecule has 1 aromatic heterocycles. The molecule has 112 valence electrons. The molecule has 6 heteroatoms. The highest BCUT2D eigenvalue weighted by molar-refractivity contribution is 5.93. The summed E-state index contributed by atoms with van der Waals surface area (Å²) in [5.41, 5.74) is 0.904. The molecule has 0 radical (unpaired) electrons. The van der Waals surface area contributed by atoms with E-state index in [1.807, 2.05) is 6.92 Å². The summed E-state index contributed by atoms with van der Waals surface area (Å²) in [5.74, 6) is -0.112. The minimum absolute atomic E-state index is 0.169. The first kappa shape index (κ1) is 15.0. The van der Waals surface area contributed by atoms with Crippen molar-refractivity contribution in [3.63, 3.8) is 0 Å². The van der Waals surface area contributed by atoms with Crippen LogP contribution in [0.5, 0.6) is 5.75 Å². The molecule has 1 N–H and O–H groups in total. The molecule has 0 saturated heterocycles. The van der Waals surface area contributed by atoms with Crippen LogP contribution in [0.1, 0.15) is 41.7 Å². The third-order valence-electron chi connectivity index (χ3n) is 3.20. The molecular formula is C15H17FN2O3. The van der Waals surface area contributed by atoms with Gasteiger partial charge in [-0.3, -0.25) is 4.79 Å². The summed E-state index contributed by atoms with van der Waals surface area (Å²) in [4.78, 5) is 16.0. The van der Waals surface area contributed by atoms with Crippen LogP contribution in [-0.2, 0) is 6.42 Å². The molecule has 2 aromatic rings. The van der Waals surface area contributed by atoms with Crippen LogP contribution in [0.3, 0.4) is 0 Å². The zero-order chi connectivity index (χ0) is 15.4. The number of amides is 1. The van der Waals surface area contributed by atoms with E-state index in [1.165, 1.54) is 25.6 Å². The predicted octanol–water partition coefficient (Wildman–Crippen LogP) is 2.88. The van der Waals surface area contributed by atoms with E-state index < -0.39 is 5.82 Å². The molecule has 0 bridgehead atoms. The van der Waals surface area contributed by atoms with Crippen molar-refractivity contribution in [1.29, 1.82) is 0 Å². The Hall–Kier alpha value is -2.37. The van der Waals surface area contributed by atoms with Crippen LogP contribution in [0.15, 0.2) is 29.0 Å². The van der Waals surface area contributed by atoms with Crippen molar-refractivity contribution in [3.8, 4) is 5.75 Å². The first-order chi connectivity index (χ1) is 10.1. The summed E-state index contributed by atoms with van der Waals surface area (Å²) < 4.78 is 23.7. The molecule has 2 rings (SSSR count). The number of rotatable bonds is 5. The molecular weight excluding hydrogens is 275 g/mol. The molecule has 0 aliphatic rings. The number of oxazole rings is 1. The normalized spacial score (nSPS) is 12.0. The number of aromatic nitrogens is 1. The molecule has 0 saturated carbocycles. The molecule has 1 heterocycles. The minimum atomic E-state index is -0.466. The number of benzene rings is 1. The Morgan fingerprint density at radius 2 is 2.29 bits per heavy atom. The van der Waals surface area contributed by atoms with Gasteiger partial charge in [-0.15, -0.1) is 0 Å². The highest BCUT2D eigenvalue weighted by Crippen LogP contribution is 2.22. The van der Waals surface area contributed by atoms with Crippen molar-refractivity contribution in [1.82, 2.24) is 10.3 Å². The second-order valence-corrected chi connectivity index (χ2v) is 4.57. The molecule has 1 atom stereocenters. The number of methoxy groups -OCH3 is 1. The second kappa shape index (κ2) is 6.39. The molecule has 1 amide bonds. The van der Waals surface area contributed by atoms with Gasteiger partial charge < -0.3 is 14.5 Å². The summed E-state index contributed by atoms with van der Waals surface area (Å²) >= 11 is 0. The number of carbonyl (C=O) groups is 1. The number of nitrogens with one attached hydrogen (secondary N) is 1. The van der Waals surface area contributed by atoms with E-state index in [2.05, 4.69) is 10.3 Å². The van der Waals surface area contributed by atoms with E-state index >= 15 is 0 Å². The van der Waals surface area contributed by atoms with Crippen molar-refractivity contribution in [3.05, 3.63) is 47.4 Å². The highest BCUT2D eigenvalue weighted by atomic mass is 19.1. The van der Waals surface area contributed by atoms with E-state index in [0.29, 0.717) is 17.7 Å². The first-order valence-electron chi connectivity index (χ1n) is 6.63. The van der Waals surface area contributed by atoms with Gasteiger partial charge in [0.25, 0.3) is 5.91 Å². The predicted molar refractivity (Wildman–Crippen MR) is 74.7 cm³/mol. The summed E-state index contributed by atoms with van der Waals surface area (Å²) in [6.45, 7) is 3.64. The van der Waals surface area contributed by atoms with Crippen molar-refractivity contribution in [2.24, 2.45) is 0 Å². The van der Waals surface area contributed by atoms with Crippen LogP contribution in [0, 0.1) is 5.82 Å². The number of hydrogen-bond donors (Lipinski definition) is 1. The van der Waals surface area contributed by atoms with Crippen LogP contribution in [0.2, 0.25) is 0 Å². The van der Waals surface area contributed by atoms with E-state index in [9.17, 15) is 9.18 Å². The summed E-state index contributed by atoms with van der Waals surface area (Å²) in [6, 6.07) is 4.21. The SMILES string of the molecule is CCc1ocnc1C(=O)NC(C)c1ccc(OC)c(F)c1. The van der Waals surface area contributed by atoms with Gasteiger partial charge in [0.1, 0.15) is 5.76 Å². The summed E-state index contributed by atoms with van der Waals surface area (Å²) in [5, 5.41) is 2.77. The quantitative estimate of drug-likeness (QED) is 0.920. The van der Waals surface area contributed by atoms with Crippen molar-refractivity contribution < 1.29 is 18.3 Å². The molecule has 0 aliphatic carbocycles. The first-order valence-corrected chi connectivity index (χ1v) is 6.63. The van der Waals surface area contributed by atoms with Gasteiger partial charge >= 0.3 is 0 Å². The average Bonchev–Trinajstić information content (AvgIpc) is 2.95. The second-order valence-electron chi connectivity index (χ2n) is 4.57. The third kappa shape index (κ3) is 3.21. The fourth-order valence-corrected chi connectivity index (χ4v) is 2.01. The number of halogens is 1. The highest BCUT2D eigenvalue weighted by Gasteiger charge is 2.18. The Morgan fingerprint density at radius 1 is 1.52 bits per heavy atom. The molecule has 21 heavy (non-hydrogen) atoms. The van der Waals surface area contributed by atoms with Crippen molar-refractivity contribution in [2.45, 2.75) is 26.3 Å². The largest absolute Gasteiger partial charge is 0.494 e. The van der Waals surface area contributed by atoms with Gasteiger partial charge in [0.05, 0.1) is 13.2 Å². The lowest BCUT2D eigenvalue weighted by Crippen LogP contribution is -2.27. The number of nitrogens with zero attached hydrogens (tertiary/aromatic N) is 1. The number of hydrogen-bond acceptors (Lipinski definition) is 4. The maximum Gasteiger partial charge on any atom is 0.274 e. The molecule has 0 spiro atoms. The van der Waals surface area contributed by atoms with Gasteiger partial charge in [-0.2, -0.15) is 0 Å². The molecule has 1 unspecified atom stereocenters. The van der Waals surface area contributed by atoms with E-state index in [0.717, 1.165) is 0 Å². The van der Waals surface area contributed by atoms with Gasteiger partial charge in [0, 0.05) is 6.42 Å². The zero-order valence-electron chi connectivity index (χ0n) is 12.1. The molecule has 1 aromatic carbocycles. The molecule has 5 nitrogen and oxygen atoms in total. The Balaban J connectivity index is 2.12. The number of ether oxygens (including phenoxy) is 1. The van der Waals surface area contributed by atoms with Crippen LogP contribution in [0.4, 0.5) is 4.39 Å². The van der Waals surface area contributed by atoms with Gasteiger partial charge in [-0.05, 0) is 24.6 Å². The lowest BCUT2D eigenvalue weighted by atomic mass is 10.1. The van der Waals surface area contributed by atoms with E-state index in [1.54, 1.807) is 13.0 Å². The van der Waals surface area contributed by atoms with Gasteiger partial charge in [-0.1, -0.05) is 13.0 Å². The van der Waals surface area contributed by atoms with Crippen molar-refractivity contribution >= 4 is 5.91 Å². The van der Waals surface area contributed by atoms with Crippen molar-refractivity contribution in [2.75, 3.05) is 7.11 Å². The lowest BCUT2D eigenvalue weighted by Gasteiger charge is -2.14. The standard InChI is InChI=1S/C15H17FN2O3/c1-4-12-14(17-8-21-12)15(19)18-9(2)10-5-6-13(20-3)11(16)7-10/h5-9H,4H2,1-3H3,(H,18,19). The van der Waals surface area contributed by atoms with E-state index in [-0.39, 0.29) is 23.4 Å². The minimum Gasteiger partial charge on any atom is -0.494 e. The van der Waals surface area contributed by atoms with Gasteiger partial charge in [-0.25, -0.2) is 9.37 Å². The fraction of sp³-hybridized carbons (Fsp3) is 0.333. The van der Waals surface area contributed by atoms with Gasteiger partial charge in [0.15, 0.2) is 23.7 Å². The van der Waals surface area contributed by atoms with Crippen LogP contribution in [0.25, 0.3) is 0 Å². The number of aryl methyl sites for hydroxylation is 1. The summed E-state index contributed by atoms with van der Waals surface area (Å²) in [6.07, 6.45) is 1.82. The lowest BCUT2D eigenvalue weighted by molar-refractivity contribution is 0.0933. The smallest absolute Gasteiger partial charge is 0.274 e. The third-order valence-corrected chi connectivity index (χ3v) is 3.20. The molecule has 0 aliphatic heterocycles. The Kier molecular flexibility index (Phi) is 4.57. The Morgan fingerprint density at radius 3 is 2.90 bits per heavy atom.